The molecule has 1 heterocycles. The molecule has 0 saturated carbocycles. The number of rotatable bonds is 4. The number of benzene rings is 2. The molecule has 3 rings (SSSR count). The molecule has 0 saturated heterocycles. The van der Waals surface area contributed by atoms with Crippen molar-refractivity contribution in [3.63, 3.8) is 0 Å². The van der Waals surface area contributed by atoms with E-state index in [0.717, 1.165) is 10.5 Å². The molecule has 0 fully saturated rings. The molecule has 7 heteroatoms. The van der Waals surface area contributed by atoms with Crippen molar-refractivity contribution in [2.24, 2.45) is 0 Å². The Balaban J connectivity index is 1.84. The minimum Gasteiger partial charge on any atom is -0.274 e. The monoisotopic (exact) mass is 330 g/mol. The van der Waals surface area contributed by atoms with Crippen LogP contribution in [-0.4, -0.2) is 28.2 Å². The van der Waals surface area contributed by atoms with Gasteiger partial charge in [0.05, 0.1) is 10.5 Å². The fourth-order valence-corrected chi connectivity index (χ4v) is 2.69. The maximum absolute atomic E-state index is 12.4. The van der Waals surface area contributed by atoms with E-state index >= 15 is 0 Å². The summed E-state index contributed by atoms with van der Waals surface area (Å²) in [5.41, 5.74) is 0.536. The lowest BCUT2D eigenvalue weighted by molar-refractivity contribution is -0.385. The molecular weight excluding hydrogens is 320 g/mol. The maximum Gasteiger partial charge on any atom is 0.282 e. The third-order valence-corrected chi connectivity index (χ3v) is 3.96. The number of hydrogen-bond donors (Lipinski definition) is 0. The first-order chi connectivity index (χ1) is 11.0. The summed E-state index contributed by atoms with van der Waals surface area (Å²) in [6, 6.07) is 11.1. The standard InChI is InChI=1S/C16H11ClN2O4/c17-11-6-4-10(5-7-11)8-9-18-15(20)12-2-1-3-13(19(22)23)14(12)16(18)21/h1-7H,8-9H2. The largest absolute Gasteiger partial charge is 0.282 e. The Morgan fingerprint density at radius 3 is 2.39 bits per heavy atom. The van der Waals surface area contributed by atoms with Crippen LogP contribution < -0.4 is 0 Å². The van der Waals surface area contributed by atoms with Gasteiger partial charge in [0, 0.05) is 17.6 Å². The van der Waals surface area contributed by atoms with E-state index in [0.29, 0.717) is 11.4 Å². The Morgan fingerprint density at radius 1 is 1.04 bits per heavy atom. The minimum absolute atomic E-state index is 0.0836. The molecule has 23 heavy (non-hydrogen) atoms. The number of carbonyl (C=O) groups is 2. The molecule has 116 valence electrons. The Kier molecular flexibility index (Phi) is 3.83. The predicted octanol–water partition coefficient (Wildman–Crippen LogP) is 3.09. The maximum atomic E-state index is 12.4. The topological polar surface area (TPSA) is 80.5 Å². The number of nitro benzene ring substituents is 1. The Labute approximate surface area is 136 Å². The van der Waals surface area contributed by atoms with E-state index in [1.807, 2.05) is 12.1 Å². The molecule has 0 N–H and O–H groups in total. The van der Waals surface area contributed by atoms with Gasteiger partial charge in [-0.15, -0.1) is 0 Å². The quantitative estimate of drug-likeness (QED) is 0.490. The molecule has 0 atom stereocenters. The Morgan fingerprint density at radius 2 is 1.74 bits per heavy atom. The van der Waals surface area contributed by atoms with Crippen LogP contribution in [0.2, 0.25) is 5.02 Å². The van der Waals surface area contributed by atoms with Gasteiger partial charge < -0.3 is 0 Å². The summed E-state index contributed by atoms with van der Waals surface area (Å²) < 4.78 is 0. The zero-order valence-corrected chi connectivity index (χ0v) is 12.6. The van der Waals surface area contributed by atoms with Gasteiger partial charge in [0.1, 0.15) is 5.56 Å². The molecule has 0 radical (unpaired) electrons. The van der Waals surface area contributed by atoms with Gasteiger partial charge in [-0.3, -0.25) is 24.6 Å². The van der Waals surface area contributed by atoms with Crippen LogP contribution in [0.5, 0.6) is 0 Å². The number of hydrogen-bond acceptors (Lipinski definition) is 4. The van der Waals surface area contributed by atoms with Crippen molar-refractivity contribution in [3.8, 4) is 0 Å². The van der Waals surface area contributed by atoms with Crippen LogP contribution in [0.15, 0.2) is 42.5 Å². The molecule has 1 aliphatic rings. The Hall–Kier alpha value is -2.73. The first kappa shape index (κ1) is 15.2. The molecule has 2 amide bonds. The number of nitrogens with zero attached hydrogens (tertiary/aromatic N) is 2. The number of imide groups is 1. The van der Waals surface area contributed by atoms with Crippen LogP contribution in [0.4, 0.5) is 5.69 Å². The van der Waals surface area contributed by atoms with Gasteiger partial charge in [0.25, 0.3) is 17.5 Å². The average Bonchev–Trinajstić information content (AvgIpc) is 2.78. The van der Waals surface area contributed by atoms with Crippen molar-refractivity contribution in [3.05, 3.63) is 74.3 Å². The first-order valence-corrected chi connectivity index (χ1v) is 7.25. The van der Waals surface area contributed by atoms with Crippen LogP contribution in [0.3, 0.4) is 0 Å². The van der Waals surface area contributed by atoms with Gasteiger partial charge >= 0.3 is 0 Å². The smallest absolute Gasteiger partial charge is 0.274 e. The number of carbonyl (C=O) groups excluding carboxylic acids is 2. The molecule has 6 nitrogen and oxygen atoms in total. The van der Waals surface area contributed by atoms with E-state index in [9.17, 15) is 19.7 Å². The van der Waals surface area contributed by atoms with Crippen LogP contribution in [-0.2, 0) is 6.42 Å². The summed E-state index contributed by atoms with van der Waals surface area (Å²) in [6.45, 7) is 0.158. The lowest BCUT2D eigenvalue weighted by Gasteiger charge is -2.13. The van der Waals surface area contributed by atoms with Crippen LogP contribution in [0.1, 0.15) is 26.3 Å². The SMILES string of the molecule is O=C1c2cccc([N+](=O)[O-])c2C(=O)N1CCc1ccc(Cl)cc1. The molecule has 0 aliphatic carbocycles. The summed E-state index contributed by atoms with van der Waals surface area (Å²) in [5.74, 6) is -1.12. The van der Waals surface area contributed by atoms with Gasteiger partial charge in [0.15, 0.2) is 0 Å². The van der Waals surface area contributed by atoms with Gasteiger partial charge in [-0.2, -0.15) is 0 Å². The molecule has 0 aromatic heterocycles. The second-order valence-electron chi connectivity index (χ2n) is 5.10. The van der Waals surface area contributed by atoms with Crippen molar-refractivity contribution in [1.82, 2.24) is 4.90 Å². The lowest BCUT2D eigenvalue weighted by Crippen LogP contribution is -2.31. The normalized spacial score (nSPS) is 13.3. The Bertz CT molecular complexity index is 817. The van der Waals surface area contributed by atoms with Crippen LogP contribution in [0, 0.1) is 10.1 Å². The van der Waals surface area contributed by atoms with Crippen molar-refractivity contribution >= 4 is 29.1 Å². The van der Waals surface area contributed by atoms with E-state index in [2.05, 4.69) is 0 Å². The summed E-state index contributed by atoms with van der Waals surface area (Å²) in [6.07, 6.45) is 0.455. The first-order valence-electron chi connectivity index (χ1n) is 6.87. The van der Waals surface area contributed by atoms with Crippen molar-refractivity contribution in [2.75, 3.05) is 6.54 Å². The fourth-order valence-electron chi connectivity index (χ4n) is 2.56. The number of halogens is 1. The second kappa shape index (κ2) is 5.81. The second-order valence-corrected chi connectivity index (χ2v) is 5.53. The summed E-state index contributed by atoms with van der Waals surface area (Å²) >= 11 is 5.81. The number of nitro groups is 1. The third-order valence-electron chi connectivity index (χ3n) is 3.71. The summed E-state index contributed by atoms with van der Waals surface area (Å²) in [5, 5.41) is 11.6. The van der Waals surface area contributed by atoms with Crippen LogP contribution >= 0.6 is 11.6 Å². The highest BCUT2D eigenvalue weighted by molar-refractivity contribution is 6.30. The highest BCUT2D eigenvalue weighted by Crippen LogP contribution is 2.30. The zero-order valence-electron chi connectivity index (χ0n) is 11.9. The fraction of sp³-hybridized carbons (Fsp3) is 0.125. The highest BCUT2D eigenvalue weighted by Gasteiger charge is 2.40. The van der Waals surface area contributed by atoms with Crippen molar-refractivity contribution in [1.29, 1.82) is 0 Å². The summed E-state index contributed by atoms with van der Waals surface area (Å²) in [4.78, 5) is 36.1. The van der Waals surface area contributed by atoms with E-state index in [4.69, 9.17) is 11.6 Å². The van der Waals surface area contributed by atoms with Gasteiger partial charge in [-0.1, -0.05) is 29.8 Å². The number of amides is 2. The van der Waals surface area contributed by atoms with Crippen LogP contribution in [0.25, 0.3) is 0 Å². The van der Waals surface area contributed by atoms with E-state index in [-0.39, 0.29) is 23.4 Å². The van der Waals surface area contributed by atoms with Gasteiger partial charge in [-0.25, -0.2) is 0 Å². The van der Waals surface area contributed by atoms with E-state index < -0.39 is 16.7 Å². The van der Waals surface area contributed by atoms with Crippen molar-refractivity contribution < 1.29 is 14.5 Å². The van der Waals surface area contributed by atoms with Crippen molar-refractivity contribution in [2.45, 2.75) is 6.42 Å². The average molecular weight is 331 g/mol. The third kappa shape index (κ3) is 2.68. The van der Waals surface area contributed by atoms with Gasteiger partial charge in [-0.05, 0) is 30.2 Å². The predicted molar refractivity (Wildman–Crippen MR) is 83.6 cm³/mol. The molecule has 1 aliphatic heterocycles. The van der Waals surface area contributed by atoms with E-state index in [1.54, 1.807) is 12.1 Å². The summed E-state index contributed by atoms with van der Waals surface area (Å²) in [7, 11) is 0. The number of fused-ring (bicyclic) bond motifs is 1. The van der Waals surface area contributed by atoms with E-state index in [1.165, 1.54) is 18.2 Å². The molecule has 2 aromatic carbocycles. The highest BCUT2D eigenvalue weighted by atomic mass is 35.5. The molecular formula is C16H11ClN2O4. The van der Waals surface area contributed by atoms with Gasteiger partial charge in [0.2, 0.25) is 0 Å². The minimum atomic E-state index is -0.646. The lowest BCUT2D eigenvalue weighted by atomic mass is 10.1. The zero-order chi connectivity index (χ0) is 16.6. The molecule has 0 spiro atoms. The molecule has 2 aromatic rings. The molecule has 0 unspecified atom stereocenters. The molecule has 0 bridgehead atoms.